The maximum Gasteiger partial charge on any atom is 0.306 e. The van der Waals surface area contributed by atoms with E-state index in [4.69, 9.17) is 4.74 Å². The van der Waals surface area contributed by atoms with E-state index in [1.807, 2.05) is 6.08 Å². The van der Waals surface area contributed by atoms with Crippen molar-refractivity contribution in [1.29, 1.82) is 0 Å². The van der Waals surface area contributed by atoms with Crippen LogP contribution in [0.3, 0.4) is 0 Å². The Balaban J connectivity index is 3.82. The summed E-state index contributed by atoms with van der Waals surface area (Å²) in [6.07, 6.45) is 37.4. The normalized spacial score (nSPS) is 13.0. The van der Waals surface area contributed by atoms with E-state index in [1.165, 1.54) is 154 Å². The fourth-order valence-electron chi connectivity index (χ4n) is 5.84. The van der Waals surface area contributed by atoms with E-state index < -0.39 is 30.6 Å². The summed E-state index contributed by atoms with van der Waals surface area (Å²) in [6.45, 7) is 3.91. The van der Waals surface area contributed by atoms with Crippen molar-refractivity contribution in [3.63, 3.8) is 0 Å². The van der Waals surface area contributed by atoms with Crippen molar-refractivity contribution < 1.29 is 24.5 Å². The van der Waals surface area contributed by atoms with Crippen molar-refractivity contribution in [1.82, 2.24) is 0 Å². The average Bonchev–Trinajstić information content (AvgIpc) is 3.03. The van der Waals surface area contributed by atoms with Gasteiger partial charge >= 0.3 is 5.97 Å². The van der Waals surface area contributed by atoms with Crippen molar-refractivity contribution in [2.45, 2.75) is 219 Å². The molecular formula is C39H74O5. The van der Waals surface area contributed by atoms with Crippen LogP contribution < -0.4 is 0 Å². The second kappa shape index (κ2) is 34.7. The average molecular weight is 623 g/mol. The Morgan fingerprint density at radius 2 is 0.886 bits per heavy atom. The van der Waals surface area contributed by atoms with Crippen LogP contribution in [0.25, 0.3) is 0 Å². The second-order valence-electron chi connectivity index (χ2n) is 13.2. The van der Waals surface area contributed by atoms with Crippen molar-refractivity contribution in [3.05, 3.63) is 12.2 Å². The number of hydrogen-bond donors (Lipinski definition) is 2. The number of ether oxygens (including phenoxy) is 1. The van der Waals surface area contributed by atoms with Gasteiger partial charge in [0, 0.05) is 6.42 Å². The second-order valence-corrected chi connectivity index (χ2v) is 13.2. The summed E-state index contributed by atoms with van der Waals surface area (Å²) in [6, 6.07) is 0. The minimum Gasteiger partial charge on any atom is -0.451 e. The minimum absolute atomic E-state index is 0.239. The zero-order valence-electron chi connectivity index (χ0n) is 29.3. The molecule has 0 bridgehead atoms. The minimum atomic E-state index is -1.39. The Morgan fingerprint density at radius 1 is 0.545 bits per heavy atom. The van der Waals surface area contributed by atoms with Gasteiger partial charge in [0.2, 0.25) is 0 Å². The lowest BCUT2D eigenvalue weighted by atomic mass is 10.0. The number of carbonyl (C=O) groups is 2. The van der Waals surface area contributed by atoms with Crippen molar-refractivity contribution >= 4 is 11.8 Å². The topological polar surface area (TPSA) is 83.8 Å². The fourth-order valence-corrected chi connectivity index (χ4v) is 5.84. The van der Waals surface area contributed by atoms with Gasteiger partial charge in [-0.3, -0.25) is 9.59 Å². The molecule has 0 rings (SSSR count). The number of allylic oxidation sites excluding steroid dienone is 1. The van der Waals surface area contributed by atoms with Crippen LogP contribution in [0.2, 0.25) is 0 Å². The number of rotatable bonds is 35. The van der Waals surface area contributed by atoms with Gasteiger partial charge in [0.25, 0.3) is 0 Å². The lowest BCUT2D eigenvalue weighted by Gasteiger charge is -2.19. The molecule has 0 aromatic heterocycles. The number of ketones is 1. The highest BCUT2D eigenvalue weighted by Crippen LogP contribution is 2.16. The molecule has 0 aliphatic rings. The van der Waals surface area contributed by atoms with Gasteiger partial charge < -0.3 is 14.9 Å². The Bertz CT molecular complexity index is 646. The van der Waals surface area contributed by atoms with E-state index in [-0.39, 0.29) is 6.42 Å². The number of esters is 1. The smallest absolute Gasteiger partial charge is 0.306 e. The van der Waals surface area contributed by atoms with Crippen LogP contribution in [-0.2, 0) is 14.3 Å². The Hall–Kier alpha value is -1.20. The predicted molar refractivity (Wildman–Crippen MR) is 187 cm³/mol. The molecule has 0 radical (unpaired) electrons. The summed E-state index contributed by atoms with van der Waals surface area (Å²) >= 11 is 0. The molecule has 0 fully saturated rings. The number of aliphatic hydroxyl groups is 2. The van der Waals surface area contributed by atoms with Gasteiger partial charge in [-0.25, -0.2) is 0 Å². The molecule has 260 valence electrons. The quantitative estimate of drug-likeness (QED) is 0.0417. The predicted octanol–water partition coefficient (Wildman–Crippen LogP) is 11.1. The first-order valence-corrected chi connectivity index (χ1v) is 19.3. The van der Waals surface area contributed by atoms with Gasteiger partial charge in [-0.15, -0.1) is 0 Å². The zero-order valence-corrected chi connectivity index (χ0v) is 29.3. The van der Waals surface area contributed by atoms with E-state index >= 15 is 0 Å². The van der Waals surface area contributed by atoms with Gasteiger partial charge in [0.05, 0.1) is 6.61 Å². The molecule has 0 aliphatic heterocycles. The molecule has 0 aromatic rings. The summed E-state index contributed by atoms with van der Waals surface area (Å²) in [5.41, 5.74) is 0. The van der Waals surface area contributed by atoms with Gasteiger partial charge in [-0.1, -0.05) is 187 Å². The molecule has 2 unspecified atom stereocenters. The maximum atomic E-state index is 12.6. The van der Waals surface area contributed by atoms with Crippen LogP contribution in [0.15, 0.2) is 12.2 Å². The summed E-state index contributed by atoms with van der Waals surface area (Å²) in [7, 11) is 0. The highest BCUT2D eigenvalue weighted by atomic mass is 16.6. The molecule has 2 N–H and O–H groups in total. The standard InChI is InChI=1S/C39H74O5/c1-3-5-7-9-11-13-15-17-18-19-20-22-23-25-27-29-31-33-36(41)39(37(42)35-40)44-38(43)34-32-30-28-26-24-21-16-14-12-10-8-6-4-2/h31,33,37,39-40,42H,3-30,32,34-35H2,1-2H3. The third kappa shape index (κ3) is 29.5. The monoisotopic (exact) mass is 623 g/mol. The number of unbranched alkanes of at least 4 members (excludes halogenated alkanes) is 27. The Kier molecular flexibility index (Phi) is 33.7. The third-order valence-corrected chi connectivity index (χ3v) is 8.82. The SMILES string of the molecule is CCCCCCCCCCCCCCCCCC=CC(=O)C(OC(=O)CCCCCCCCCCCCCCC)C(O)CO. The van der Waals surface area contributed by atoms with E-state index in [1.54, 1.807) is 0 Å². The van der Waals surface area contributed by atoms with Gasteiger partial charge in [-0.2, -0.15) is 0 Å². The number of aliphatic hydroxyl groups excluding tert-OH is 2. The Labute approximate surface area is 273 Å². The van der Waals surface area contributed by atoms with Crippen LogP contribution >= 0.6 is 0 Å². The molecule has 0 aromatic carbocycles. The summed E-state index contributed by atoms with van der Waals surface area (Å²) in [5.74, 6) is -0.930. The summed E-state index contributed by atoms with van der Waals surface area (Å²) in [5, 5.41) is 19.5. The van der Waals surface area contributed by atoms with Gasteiger partial charge in [-0.05, 0) is 25.3 Å². The molecule has 0 saturated heterocycles. The highest BCUT2D eigenvalue weighted by Gasteiger charge is 2.28. The largest absolute Gasteiger partial charge is 0.451 e. The van der Waals surface area contributed by atoms with Gasteiger partial charge in [0.15, 0.2) is 11.9 Å². The van der Waals surface area contributed by atoms with Crippen LogP contribution in [0, 0.1) is 0 Å². The molecule has 5 heteroatoms. The summed E-state index contributed by atoms with van der Waals surface area (Å²) < 4.78 is 5.31. The van der Waals surface area contributed by atoms with Crippen LogP contribution in [0.5, 0.6) is 0 Å². The first-order chi connectivity index (χ1) is 21.6. The molecule has 44 heavy (non-hydrogen) atoms. The molecular weight excluding hydrogens is 548 g/mol. The van der Waals surface area contributed by atoms with Crippen LogP contribution in [0.4, 0.5) is 0 Å². The number of hydrogen-bond acceptors (Lipinski definition) is 5. The first-order valence-electron chi connectivity index (χ1n) is 19.3. The molecule has 5 nitrogen and oxygen atoms in total. The van der Waals surface area contributed by atoms with E-state index in [0.717, 1.165) is 38.5 Å². The molecule has 0 amide bonds. The molecule has 2 atom stereocenters. The summed E-state index contributed by atoms with van der Waals surface area (Å²) in [4.78, 5) is 24.9. The van der Waals surface area contributed by atoms with E-state index in [0.29, 0.717) is 0 Å². The molecule has 0 aliphatic carbocycles. The van der Waals surface area contributed by atoms with Crippen LogP contribution in [0.1, 0.15) is 206 Å². The highest BCUT2D eigenvalue weighted by molar-refractivity contribution is 5.95. The van der Waals surface area contributed by atoms with Gasteiger partial charge in [0.1, 0.15) is 6.10 Å². The van der Waals surface area contributed by atoms with Crippen molar-refractivity contribution in [2.24, 2.45) is 0 Å². The lowest BCUT2D eigenvalue weighted by Crippen LogP contribution is -2.39. The van der Waals surface area contributed by atoms with E-state index in [2.05, 4.69) is 13.8 Å². The van der Waals surface area contributed by atoms with Crippen LogP contribution in [-0.4, -0.2) is 40.8 Å². The fraction of sp³-hybridized carbons (Fsp3) is 0.897. The van der Waals surface area contributed by atoms with Crippen molar-refractivity contribution in [2.75, 3.05) is 6.61 Å². The zero-order chi connectivity index (χ0) is 32.4. The number of carbonyl (C=O) groups excluding carboxylic acids is 2. The maximum absolute atomic E-state index is 12.6. The Morgan fingerprint density at radius 3 is 1.25 bits per heavy atom. The lowest BCUT2D eigenvalue weighted by molar-refractivity contribution is -0.161. The third-order valence-electron chi connectivity index (χ3n) is 8.82. The van der Waals surface area contributed by atoms with Crippen molar-refractivity contribution in [3.8, 4) is 0 Å². The molecule has 0 spiro atoms. The molecule has 0 heterocycles. The van der Waals surface area contributed by atoms with E-state index in [9.17, 15) is 19.8 Å². The first kappa shape index (κ1) is 42.8. The molecule has 0 saturated carbocycles.